The van der Waals surface area contributed by atoms with Crippen LogP contribution in [0, 0.1) is 11.6 Å². The van der Waals surface area contributed by atoms with Gasteiger partial charge in [0.15, 0.2) is 0 Å². The lowest BCUT2D eigenvalue weighted by Crippen LogP contribution is -2.15. The van der Waals surface area contributed by atoms with Crippen LogP contribution in [-0.2, 0) is 23.1 Å². The zero-order valence-electron chi connectivity index (χ0n) is 29.1. The molecule has 0 amide bonds. The Hall–Kier alpha value is -5.51. The Bertz CT molecular complexity index is 2600. The second-order valence-electron chi connectivity index (χ2n) is 12.7. The molecular formula is C40H33F2N7O3S3. The molecule has 0 unspecified atom stereocenters. The maximum Gasteiger partial charge on any atom is 0.264 e. The Kier molecular flexibility index (Phi) is 10.4. The van der Waals surface area contributed by atoms with Crippen LogP contribution in [0.5, 0.6) is 5.75 Å². The van der Waals surface area contributed by atoms with Crippen LogP contribution in [0.25, 0.3) is 44.8 Å². The van der Waals surface area contributed by atoms with Gasteiger partial charge in [0.2, 0.25) is 0 Å². The fraction of sp³-hybridized carbons (Fsp3) is 0.150. The van der Waals surface area contributed by atoms with Gasteiger partial charge in [-0.2, -0.15) is 10.2 Å². The predicted octanol–water partition coefficient (Wildman–Crippen LogP) is 9.00. The van der Waals surface area contributed by atoms with Gasteiger partial charge in [-0.3, -0.25) is 24.1 Å². The van der Waals surface area contributed by atoms with Crippen LogP contribution in [-0.4, -0.2) is 54.6 Å². The highest BCUT2D eigenvalue weighted by Crippen LogP contribution is 2.43. The lowest BCUT2D eigenvalue weighted by molar-refractivity contribution is 0.475. The van der Waals surface area contributed by atoms with E-state index in [1.165, 1.54) is 5.03 Å². The summed E-state index contributed by atoms with van der Waals surface area (Å²) in [4.78, 5) is 7.46. The summed E-state index contributed by atoms with van der Waals surface area (Å²) in [6.45, 7) is 1.74. The van der Waals surface area contributed by atoms with Crippen molar-refractivity contribution in [2.45, 2.75) is 40.9 Å². The number of hydrogen-bond acceptors (Lipinski definition) is 9. The van der Waals surface area contributed by atoms with Gasteiger partial charge in [-0.15, -0.1) is 23.5 Å². The number of fused-ring (bicyclic) bond motifs is 2. The molecule has 0 radical (unpaired) electrons. The van der Waals surface area contributed by atoms with Crippen molar-refractivity contribution >= 4 is 39.2 Å². The van der Waals surface area contributed by atoms with Gasteiger partial charge < -0.3 is 5.11 Å². The highest BCUT2D eigenvalue weighted by Gasteiger charge is 2.26. The van der Waals surface area contributed by atoms with Crippen molar-refractivity contribution < 1.29 is 22.3 Å². The van der Waals surface area contributed by atoms with Gasteiger partial charge in [0.25, 0.3) is 10.0 Å². The van der Waals surface area contributed by atoms with Crippen LogP contribution in [0.1, 0.15) is 12.8 Å². The molecule has 0 saturated carbocycles. The summed E-state index contributed by atoms with van der Waals surface area (Å²) in [5.74, 6) is 0.496. The third kappa shape index (κ3) is 7.72. The molecule has 0 atom stereocenters. The molecule has 0 saturated heterocycles. The SMILES string of the molecule is O=S(=O)(Nc1cccc(-c2nn3c(c2-c2ccncc2)SCCC3)c1)c1cc(F)ccc1F.Oc1cccc(-c2nn3c(c2-c2ccncc2)SCCC3)c1. The molecule has 15 heteroatoms. The fourth-order valence-electron chi connectivity index (χ4n) is 6.49. The number of pyridine rings is 2. The first-order valence-electron chi connectivity index (χ1n) is 17.4. The predicted molar refractivity (Wildman–Crippen MR) is 211 cm³/mol. The van der Waals surface area contributed by atoms with Crippen molar-refractivity contribution in [3.05, 3.63) is 127 Å². The van der Waals surface area contributed by atoms with E-state index in [2.05, 4.69) is 19.4 Å². The van der Waals surface area contributed by atoms with Crippen molar-refractivity contribution in [1.82, 2.24) is 29.5 Å². The van der Waals surface area contributed by atoms with E-state index < -0.39 is 26.6 Å². The molecule has 0 bridgehead atoms. The molecule has 0 aliphatic carbocycles. The summed E-state index contributed by atoms with van der Waals surface area (Å²) in [5, 5.41) is 21.7. The second kappa shape index (κ2) is 15.7. The maximum atomic E-state index is 14.1. The normalized spacial score (nSPS) is 13.6. The number of hydrogen-bond donors (Lipinski definition) is 2. The number of aromatic nitrogens is 6. The Balaban J connectivity index is 0.000000168. The van der Waals surface area contributed by atoms with Crippen molar-refractivity contribution in [2.24, 2.45) is 0 Å². The fourth-order valence-corrected chi connectivity index (χ4v) is 9.85. The first-order chi connectivity index (χ1) is 26.7. The van der Waals surface area contributed by atoms with Crippen LogP contribution >= 0.6 is 23.5 Å². The van der Waals surface area contributed by atoms with Crippen molar-refractivity contribution in [2.75, 3.05) is 16.2 Å². The summed E-state index contributed by atoms with van der Waals surface area (Å²) < 4.78 is 59.5. The monoisotopic (exact) mass is 793 g/mol. The minimum atomic E-state index is -4.33. The Morgan fingerprint density at radius 2 is 1.20 bits per heavy atom. The molecule has 7 aromatic rings. The lowest BCUT2D eigenvalue weighted by Gasteiger charge is -2.14. The van der Waals surface area contributed by atoms with Gasteiger partial charge in [0, 0.05) is 77.3 Å². The molecule has 9 rings (SSSR count). The number of aryl methyl sites for hydroxylation is 2. The molecule has 55 heavy (non-hydrogen) atoms. The summed E-state index contributed by atoms with van der Waals surface area (Å²) in [6, 6.07) is 24.2. The van der Waals surface area contributed by atoms with E-state index in [9.17, 15) is 22.3 Å². The molecule has 0 fully saturated rings. The molecule has 278 valence electrons. The zero-order valence-corrected chi connectivity index (χ0v) is 31.6. The number of thioether (sulfide) groups is 2. The highest BCUT2D eigenvalue weighted by molar-refractivity contribution is 7.99. The second-order valence-corrected chi connectivity index (χ2v) is 16.5. The van der Waals surface area contributed by atoms with E-state index in [0.717, 1.165) is 88.1 Å². The Morgan fingerprint density at radius 3 is 1.76 bits per heavy atom. The highest BCUT2D eigenvalue weighted by atomic mass is 32.2. The summed E-state index contributed by atoms with van der Waals surface area (Å²) in [7, 11) is -4.33. The standard InChI is InChI=1S/C23H18F2N4O2S2.C17H15N3OS/c24-17-5-6-19(25)20(14-17)33(30,31)28-18-4-1-3-16(13-18)22-21(15-7-9-26-10-8-15)23-29(27-22)11-2-12-32-23;21-14-4-1-3-13(11-14)16-15(12-5-7-18-8-6-12)17-20(19-16)9-2-10-22-17/h1,3-10,13-14,28H,2,11-12H2;1,3-8,11,21H,2,9-10H2. The van der Waals surface area contributed by atoms with E-state index in [0.29, 0.717) is 17.3 Å². The van der Waals surface area contributed by atoms with E-state index >= 15 is 0 Å². The Labute approximate surface area is 324 Å². The number of anilines is 1. The van der Waals surface area contributed by atoms with Gasteiger partial charge in [-0.25, -0.2) is 17.2 Å². The minimum absolute atomic E-state index is 0.218. The van der Waals surface area contributed by atoms with Crippen molar-refractivity contribution in [1.29, 1.82) is 0 Å². The third-order valence-electron chi connectivity index (χ3n) is 8.95. The molecule has 0 spiro atoms. The zero-order chi connectivity index (χ0) is 37.9. The van der Waals surface area contributed by atoms with Crippen LogP contribution in [0.3, 0.4) is 0 Å². The molecule has 2 aliphatic rings. The largest absolute Gasteiger partial charge is 0.508 e. The van der Waals surface area contributed by atoms with Gasteiger partial charge in [0.1, 0.15) is 43.7 Å². The number of aromatic hydroxyl groups is 1. The smallest absolute Gasteiger partial charge is 0.264 e. The molecule has 6 heterocycles. The van der Waals surface area contributed by atoms with Gasteiger partial charge in [-0.1, -0.05) is 24.3 Å². The molecular weight excluding hydrogens is 761 g/mol. The summed E-state index contributed by atoms with van der Waals surface area (Å²) >= 11 is 3.58. The molecule has 2 aliphatic heterocycles. The summed E-state index contributed by atoms with van der Waals surface area (Å²) in [5.41, 5.74) is 7.66. The molecule has 10 nitrogen and oxygen atoms in total. The summed E-state index contributed by atoms with van der Waals surface area (Å²) in [6.07, 6.45) is 9.18. The van der Waals surface area contributed by atoms with Crippen molar-refractivity contribution in [3.63, 3.8) is 0 Å². The van der Waals surface area contributed by atoms with Crippen LogP contribution in [0.15, 0.2) is 131 Å². The topological polar surface area (TPSA) is 128 Å². The number of sulfonamides is 1. The minimum Gasteiger partial charge on any atom is -0.508 e. The molecule has 4 aromatic heterocycles. The average molecular weight is 794 g/mol. The quantitative estimate of drug-likeness (QED) is 0.163. The van der Waals surface area contributed by atoms with Gasteiger partial charge >= 0.3 is 0 Å². The van der Waals surface area contributed by atoms with Crippen molar-refractivity contribution in [3.8, 4) is 50.5 Å². The van der Waals surface area contributed by atoms with Gasteiger partial charge in [0.05, 0.1) is 0 Å². The van der Waals surface area contributed by atoms with E-state index in [1.807, 2.05) is 58.9 Å². The molecule has 3 aromatic carbocycles. The molecule has 2 N–H and O–H groups in total. The first-order valence-corrected chi connectivity index (χ1v) is 20.9. The van der Waals surface area contributed by atoms with Gasteiger partial charge in [-0.05, 0) is 90.7 Å². The number of nitrogens with one attached hydrogen (secondary N) is 1. The van der Waals surface area contributed by atoms with Crippen LogP contribution in [0.4, 0.5) is 14.5 Å². The van der Waals surface area contributed by atoms with E-state index in [4.69, 9.17) is 10.2 Å². The number of rotatable bonds is 7. The van der Waals surface area contributed by atoms with Crippen LogP contribution in [0.2, 0.25) is 0 Å². The average Bonchev–Trinajstić information content (AvgIpc) is 3.79. The Morgan fingerprint density at radius 1 is 0.655 bits per heavy atom. The maximum absolute atomic E-state index is 14.1. The lowest BCUT2D eigenvalue weighted by atomic mass is 10.0. The number of halogens is 2. The number of phenols is 1. The van der Waals surface area contributed by atoms with Crippen LogP contribution < -0.4 is 4.72 Å². The number of nitrogens with zero attached hydrogens (tertiary/aromatic N) is 6. The number of phenolic OH excluding ortho intramolecular Hbond substituents is 1. The first kappa shape index (κ1) is 36.5. The third-order valence-corrected chi connectivity index (χ3v) is 12.7. The van der Waals surface area contributed by atoms with E-state index in [-0.39, 0.29) is 11.4 Å². The van der Waals surface area contributed by atoms with E-state index in [1.54, 1.807) is 66.9 Å². The number of benzene rings is 3.